The van der Waals surface area contributed by atoms with Gasteiger partial charge in [-0.25, -0.2) is 9.97 Å². The smallest absolute Gasteiger partial charge is 0.274 e. The fourth-order valence-electron chi connectivity index (χ4n) is 2.61. The van der Waals surface area contributed by atoms with E-state index < -0.39 is 5.91 Å². The predicted molar refractivity (Wildman–Crippen MR) is 110 cm³/mol. The summed E-state index contributed by atoms with van der Waals surface area (Å²) in [6.07, 6.45) is 0. The summed E-state index contributed by atoms with van der Waals surface area (Å²) in [5.41, 5.74) is 2.99. The molecule has 2 N–H and O–H groups in total. The zero-order valence-corrected chi connectivity index (χ0v) is 15.9. The number of nitriles is 1. The Balaban J connectivity index is 1.81. The van der Waals surface area contributed by atoms with Gasteiger partial charge in [0.05, 0.1) is 11.3 Å². The van der Waals surface area contributed by atoms with Crippen LogP contribution in [0, 0.1) is 18.3 Å². The highest BCUT2D eigenvalue weighted by atomic mass is 16.1. The van der Waals surface area contributed by atoms with E-state index in [2.05, 4.69) is 26.7 Å². The van der Waals surface area contributed by atoms with Crippen LogP contribution in [0.15, 0.2) is 54.6 Å². The Bertz CT molecular complexity index is 1040. The van der Waals surface area contributed by atoms with Crippen molar-refractivity contribution in [2.75, 3.05) is 29.6 Å². The summed E-state index contributed by atoms with van der Waals surface area (Å²) in [5, 5.41) is 15.1. The molecule has 0 saturated carbocycles. The number of carbonyl (C=O) groups excluding carboxylic acids is 1. The maximum absolute atomic E-state index is 12.6. The second-order valence-electron chi connectivity index (χ2n) is 6.36. The van der Waals surface area contributed by atoms with Crippen molar-refractivity contribution >= 4 is 28.8 Å². The number of nitrogens with zero attached hydrogens (tertiary/aromatic N) is 4. The molecule has 0 aliphatic rings. The number of hydrogen-bond acceptors (Lipinski definition) is 6. The molecule has 0 radical (unpaired) electrons. The molecular weight excluding hydrogens is 352 g/mol. The summed E-state index contributed by atoms with van der Waals surface area (Å²) in [7, 11) is 3.96. The van der Waals surface area contributed by atoms with Gasteiger partial charge in [0, 0.05) is 31.5 Å². The molecule has 0 fully saturated rings. The van der Waals surface area contributed by atoms with Gasteiger partial charge in [-0.3, -0.25) is 4.79 Å². The Morgan fingerprint density at radius 3 is 2.46 bits per heavy atom. The van der Waals surface area contributed by atoms with Crippen molar-refractivity contribution in [2.24, 2.45) is 0 Å². The highest BCUT2D eigenvalue weighted by molar-refractivity contribution is 6.04. The third-order valence-corrected chi connectivity index (χ3v) is 4.02. The van der Waals surface area contributed by atoms with Gasteiger partial charge in [-0.2, -0.15) is 5.26 Å². The maximum Gasteiger partial charge on any atom is 0.274 e. The van der Waals surface area contributed by atoms with Gasteiger partial charge in [-0.15, -0.1) is 0 Å². The lowest BCUT2D eigenvalue weighted by Crippen LogP contribution is -2.16. The molecule has 28 heavy (non-hydrogen) atoms. The van der Waals surface area contributed by atoms with Crippen molar-refractivity contribution in [3.63, 3.8) is 0 Å². The van der Waals surface area contributed by atoms with Crippen LogP contribution in [0.25, 0.3) is 0 Å². The van der Waals surface area contributed by atoms with E-state index in [1.165, 1.54) is 0 Å². The minimum atomic E-state index is -0.404. The number of anilines is 4. The monoisotopic (exact) mass is 372 g/mol. The SMILES string of the molecule is Cc1nc(Nc2ccc(N(C)C)cc2)cc(C(=O)Nc2ccccc2C#N)n1. The molecule has 1 heterocycles. The molecule has 3 aromatic rings. The van der Waals surface area contributed by atoms with Gasteiger partial charge in [0.1, 0.15) is 23.4 Å². The van der Waals surface area contributed by atoms with Crippen LogP contribution in [0.4, 0.5) is 22.9 Å². The number of aromatic nitrogens is 2. The fourth-order valence-corrected chi connectivity index (χ4v) is 2.61. The molecule has 2 aromatic carbocycles. The number of benzene rings is 2. The molecule has 1 amide bonds. The second-order valence-corrected chi connectivity index (χ2v) is 6.36. The molecule has 0 atom stereocenters. The number of aryl methyl sites for hydroxylation is 1. The molecule has 0 saturated heterocycles. The second kappa shape index (κ2) is 8.18. The van der Waals surface area contributed by atoms with Crippen molar-refractivity contribution in [3.8, 4) is 6.07 Å². The first kappa shape index (κ1) is 18.9. The Kier molecular flexibility index (Phi) is 5.51. The molecule has 7 heteroatoms. The number of amides is 1. The van der Waals surface area contributed by atoms with Gasteiger partial charge in [-0.1, -0.05) is 12.1 Å². The molecule has 7 nitrogen and oxygen atoms in total. The topological polar surface area (TPSA) is 93.9 Å². The largest absolute Gasteiger partial charge is 0.378 e. The minimum absolute atomic E-state index is 0.215. The zero-order valence-electron chi connectivity index (χ0n) is 15.9. The summed E-state index contributed by atoms with van der Waals surface area (Å²) < 4.78 is 0. The predicted octanol–water partition coefficient (Wildman–Crippen LogP) is 3.72. The van der Waals surface area contributed by atoms with E-state index in [1.807, 2.05) is 43.3 Å². The van der Waals surface area contributed by atoms with Crippen LogP contribution < -0.4 is 15.5 Å². The molecule has 0 unspecified atom stereocenters. The van der Waals surface area contributed by atoms with Crippen LogP contribution in [-0.2, 0) is 0 Å². The summed E-state index contributed by atoms with van der Waals surface area (Å²) in [5.74, 6) is 0.580. The van der Waals surface area contributed by atoms with Crippen LogP contribution in [0.5, 0.6) is 0 Å². The van der Waals surface area contributed by atoms with E-state index in [4.69, 9.17) is 5.26 Å². The molecule has 3 rings (SSSR count). The van der Waals surface area contributed by atoms with Crippen LogP contribution in [0.1, 0.15) is 21.9 Å². The maximum atomic E-state index is 12.6. The number of nitrogens with one attached hydrogen (secondary N) is 2. The van der Waals surface area contributed by atoms with E-state index in [1.54, 1.807) is 37.3 Å². The highest BCUT2D eigenvalue weighted by Gasteiger charge is 2.13. The Labute approximate surface area is 163 Å². The minimum Gasteiger partial charge on any atom is -0.378 e. The first-order chi connectivity index (χ1) is 13.5. The standard InChI is InChI=1S/C21H20N6O/c1-14-23-19(21(28)26-18-7-5-4-6-15(18)13-22)12-20(24-14)25-16-8-10-17(11-9-16)27(2)3/h4-12H,1-3H3,(H,26,28)(H,23,24,25). The molecule has 0 aliphatic heterocycles. The number of carbonyl (C=O) groups is 1. The molecule has 1 aromatic heterocycles. The molecule has 0 aliphatic carbocycles. The lowest BCUT2D eigenvalue weighted by atomic mass is 10.2. The van der Waals surface area contributed by atoms with Gasteiger partial charge in [0.25, 0.3) is 5.91 Å². The van der Waals surface area contributed by atoms with Gasteiger partial charge in [0.15, 0.2) is 0 Å². The van der Waals surface area contributed by atoms with Gasteiger partial charge >= 0.3 is 0 Å². The van der Waals surface area contributed by atoms with Crippen molar-refractivity contribution in [3.05, 3.63) is 71.7 Å². The van der Waals surface area contributed by atoms with E-state index in [0.717, 1.165) is 11.4 Å². The van der Waals surface area contributed by atoms with Gasteiger partial charge in [0.2, 0.25) is 0 Å². The lowest BCUT2D eigenvalue weighted by Gasteiger charge is -2.13. The van der Waals surface area contributed by atoms with E-state index in [9.17, 15) is 4.79 Å². The molecular formula is C21H20N6O. The molecule has 0 bridgehead atoms. The van der Waals surface area contributed by atoms with Gasteiger partial charge < -0.3 is 15.5 Å². The lowest BCUT2D eigenvalue weighted by molar-refractivity contribution is 0.102. The fraction of sp³-hybridized carbons (Fsp3) is 0.143. The van der Waals surface area contributed by atoms with Crippen LogP contribution in [0.3, 0.4) is 0 Å². The Morgan fingerprint density at radius 2 is 1.79 bits per heavy atom. The Hall–Kier alpha value is -3.92. The van der Waals surface area contributed by atoms with Crippen LogP contribution in [-0.4, -0.2) is 30.0 Å². The average molecular weight is 372 g/mol. The summed E-state index contributed by atoms with van der Waals surface area (Å²) >= 11 is 0. The number of para-hydroxylation sites is 1. The first-order valence-corrected chi connectivity index (χ1v) is 8.67. The number of rotatable bonds is 5. The van der Waals surface area contributed by atoms with Crippen LogP contribution >= 0.6 is 0 Å². The normalized spacial score (nSPS) is 10.1. The Morgan fingerprint density at radius 1 is 1.07 bits per heavy atom. The third kappa shape index (κ3) is 4.43. The van der Waals surface area contributed by atoms with Crippen molar-refractivity contribution < 1.29 is 4.79 Å². The summed E-state index contributed by atoms with van der Waals surface area (Å²) in [4.78, 5) is 23.2. The quantitative estimate of drug-likeness (QED) is 0.709. The van der Waals surface area contributed by atoms with E-state index >= 15 is 0 Å². The van der Waals surface area contributed by atoms with E-state index in [-0.39, 0.29) is 5.69 Å². The average Bonchev–Trinajstić information content (AvgIpc) is 2.68. The third-order valence-electron chi connectivity index (χ3n) is 4.02. The van der Waals surface area contributed by atoms with Crippen molar-refractivity contribution in [2.45, 2.75) is 6.92 Å². The van der Waals surface area contributed by atoms with Crippen molar-refractivity contribution in [1.82, 2.24) is 9.97 Å². The molecule has 0 spiro atoms. The van der Waals surface area contributed by atoms with Crippen molar-refractivity contribution in [1.29, 1.82) is 5.26 Å². The zero-order chi connectivity index (χ0) is 20.1. The van der Waals surface area contributed by atoms with E-state index in [0.29, 0.717) is 22.9 Å². The van der Waals surface area contributed by atoms with Gasteiger partial charge in [-0.05, 0) is 43.3 Å². The summed E-state index contributed by atoms with van der Waals surface area (Å²) in [6.45, 7) is 1.72. The number of hydrogen-bond donors (Lipinski definition) is 2. The first-order valence-electron chi connectivity index (χ1n) is 8.67. The summed E-state index contributed by atoms with van der Waals surface area (Å²) in [6, 6.07) is 18.3. The highest BCUT2D eigenvalue weighted by Crippen LogP contribution is 2.20. The molecule has 140 valence electrons. The van der Waals surface area contributed by atoms with Crippen LogP contribution in [0.2, 0.25) is 0 Å².